The topological polar surface area (TPSA) is 47.4 Å². The smallest absolute Gasteiger partial charge is 0.254 e. The fourth-order valence-corrected chi connectivity index (χ4v) is 3.60. The van der Waals surface area contributed by atoms with Crippen LogP contribution in [0.2, 0.25) is 0 Å². The highest BCUT2D eigenvalue weighted by Gasteiger charge is 2.14. The Morgan fingerprint density at radius 3 is 2.83 bits per heavy atom. The Labute approximate surface area is 178 Å². The van der Waals surface area contributed by atoms with E-state index in [1.54, 1.807) is 35.2 Å². The zero-order valence-electron chi connectivity index (χ0n) is 17.2. The molecule has 0 bridgehead atoms. The quantitative estimate of drug-likeness (QED) is 0.599. The van der Waals surface area contributed by atoms with Crippen molar-refractivity contribution >= 4 is 18.9 Å². The summed E-state index contributed by atoms with van der Waals surface area (Å²) in [5.74, 6) is 0.512. The number of fused-ring (bicyclic) bond motifs is 1. The lowest BCUT2D eigenvalue weighted by Crippen LogP contribution is -2.26. The van der Waals surface area contributed by atoms with Gasteiger partial charge in [0, 0.05) is 31.5 Å². The summed E-state index contributed by atoms with van der Waals surface area (Å²) in [7, 11) is 7.78. The third-order valence-electron chi connectivity index (χ3n) is 5.38. The molecular formula is C24H24BN3O2. The number of likely N-dealkylation sites (N-methyl/N-ethyl adjacent to an activating group) is 1. The van der Waals surface area contributed by atoms with Crippen molar-refractivity contribution in [3.8, 4) is 5.75 Å². The number of benzene rings is 1. The van der Waals surface area contributed by atoms with E-state index in [1.807, 2.05) is 0 Å². The van der Waals surface area contributed by atoms with Crippen LogP contribution < -0.4 is 15.8 Å². The molecule has 2 radical (unpaired) electrons. The van der Waals surface area contributed by atoms with E-state index in [2.05, 4.69) is 41.7 Å². The van der Waals surface area contributed by atoms with Gasteiger partial charge in [-0.1, -0.05) is 36.3 Å². The molecule has 0 fully saturated rings. The molecule has 150 valence electrons. The number of hydrogen-bond acceptors (Lipinski definition) is 4. The second kappa shape index (κ2) is 8.72. The lowest BCUT2D eigenvalue weighted by Gasteiger charge is -2.25. The molecule has 30 heavy (non-hydrogen) atoms. The number of hydrogen-bond donors (Lipinski definition) is 0. The van der Waals surface area contributed by atoms with Gasteiger partial charge in [-0.25, -0.2) is 0 Å². The second-order valence-electron chi connectivity index (χ2n) is 7.77. The van der Waals surface area contributed by atoms with Gasteiger partial charge in [0.25, 0.3) is 5.56 Å². The lowest BCUT2D eigenvalue weighted by molar-refractivity contribution is 0.300. The molecule has 1 aliphatic heterocycles. The van der Waals surface area contributed by atoms with E-state index in [0.29, 0.717) is 17.8 Å². The van der Waals surface area contributed by atoms with Gasteiger partial charge in [-0.15, -0.1) is 0 Å². The predicted octanol–water partition coefficient (Wildman–Crippen LogP) is 2.32. The Balaban J connectivity index is 1.41. The molecule has 1 aromatic carbocycles. The minimum absolute atomic E-state index is 0.126. The summed E-state index contributed by atoms with van der Waals surface area (Å²) in [5.41, 5.74) is 5.97. The molecule has 1 aliphatic rings. The van der Waals surface area contributed by atoms with E-state index in [1.165, 1.54) is 17.2 Å². The first-order chi connectivity index (χ1) is 14.5. The van der Waals surface area contributed by atoms with Crippen LogP contribution in [0.4, 0.5) is 0 Å². The average Bonchev–Trinajstić information content (AvgIpc) is 2.74. The van der Waals surface area contributed by atoms with Crippen LogP contribution in [0, 0.1) is 0 Å². The third-order valence-corrected chi connectivity index (χ3v) is 5.38. The highest BCUT2D eigenvalue weighted by Crippen LogP contribution is 2.23. The molecule has 2 aromatic heterocycles. The summed E-state index contributed by atoms with van der Waals surface area (Å²) in [5, 5.41) is 0. The van der Waals surface area contributed by atoms with Gasteiger partial charge in [0.1, 0.15) is 20.2 Å². The number of aromatic nitrogens is 2. The molecule has 4 rings (SSSR count). The first kappa shape index (κ1) is 20.2. The van der Waals surface area contributed by atoms with Crippen molar-refractivity contribution in [1.29, 1.82) is 0 Å². The van der Waals surface area contributed by atoms with Crippen LogP contribution in [0.3, 0.4) is 0 Å². The molecule has 0 spiro atoms. The summed E-state index contributed by atoms with van der Waals surface area (Å²) in [6.45, 7) is 6.98. The van der Waals surface area contributed by atoms with Crippen LogP contribution in [0.25, 0.3) is 5.57 Å². The van der Waals surface area contributed by atoms with E-state index in [-0.39, 0.29) is 12.2 Å². The Hall–Kier alpha value is -3.12. The molecule has 0 atom stereocenters. The van der Waals surface area contributed by atoms with Crippen molar-refractivity contribution in [1.82, 2.24) is 14.5 Å². The Morgan fingerprint density at radius 2 is 2.07 bits per heavy atom. The van der Waals surface area contributed by atoms with Gasteiger partial charge >= 0.3 is 0 Å². The predicted molar refractivity (Wildman–Crippen MR) is 120 cm³/mol. The SMILES string of the molecule is [B]c1ccc(COc2ccn(CC(=C)c3ccc4c(c3)CCN(C)C4)c(=O)c2)nc1. The molecule has 6 heteroatoms. The maximum absolute atomic E-state index is 12.5. The van der Waals surface area contributed by atoms with Crippen LogP contribution in [0.15, 0.2) is 66.2 Å². The maximum atomic E-state index is 12.5. The third kappa shape index (κ3) is 4.71. The van der Waals surface area contributed by atoms with E-state index in [0.717, 1.165) is 36.3 Å². The van der Waals surface area contributed by atoms with Gasteiger partial charge < -0.3 is 14.2 Å². The molecule has 0 aliphatic carbocycles. The zero-order chi connectivity index (χ0) is 21.1. The van der Waals surface area contributed by atoms with Crippen LogP contribution in [0.1, 0.15) is 22.4 Å². The van der Waals surface area contributed by atoms with Gasteiger partial charge in [-0.2, -0.15) is 0 Å². The summed E-state index contributed by atoms with van der Waals surface area (Å²) < 4.78 is 7.33. The standard InChI is InChI=1S/C24H24BN3O2/c1-17(18-3-4-20-15-27(2)9-7-19(20)11-18)14-28-10-8-23(12-24(28)29)30-16-22-6-5-21(25)13-26-22/h3-6,8,10-13H,1,7,9,14-16H2,2H3. The highest BCUT2D eigenvalue weighted by molar-refractivity contribution is 6.32. The molecule has 0 saturated heterocycles. The molecule has 5 nitrogen and oxygen atoms in total. The number of allylic oxidation sites excluding steroid dienone is 1. The number of rotatable bonds is 6. The fourth-order valence-electron chi connectivity index (χ4n) is 3.60. The second-order valence-corrected chi connectivity index (χ2v) is 7.77. The first-order valence-corrected chi connectivity index (χ1v) is 10.00. The largest absolute Gasteiger partial charge is 0.487 e. The van der Waals surface area contributed by atoms with E-state index < -0.39 is 0 Å². The Morgan fingerprint density at radius 1 is 1.20 bits per heavy atom. The fraction of sp³-hybridized carbons (Fsp3) is 0.250. The molecule has 0 N–H and O–H groups in total. The van der Waals surface area contributed by atoms with Crippen LogP contribution in [-0.4, -0.2) is 35.9 Å². The monoisotopic (exact) mass is 397 g/mol. The zero-order valence-corrected chi connectivity index (χ0v) is 17.2. The maximum Gasteiger partial charge on any atom is 0.254 e. The number of ether oxygens (including phenoxy) is 1. The van der Waals surface area contributed by atoms with Crippen LogP contribution in [-0.2, 0) is 26.1 Å². The van der Waals surface area contributed by atoms with Crippen molar-refractivity contribution in [2.24, 2.45) is 0 Å². The molecule has 0 saturated carbocycles. The van der Waals surface area contributed by atoms with Gasteiger partial charge in [0.15, 0.2) is 0 Å². The van der Waals surface area contributed by atoms with Gasteiger partial charge in [-0.05, 0) is 47.9 Å². The van der Waals surface area contributed by atoms with Crippen LogP contribution >= 0.6 is 0 Å². The molecule has 0 unspecified atom stereocenters. The lowest BCUT2D eigenvalue weighted by atomic mass is 9.95. The summed E-state index contributed by atoms with van der Waals surface area (Å²) in [6.07, 6.45) is 4.37. The minimum atomic E-state index is -0.126. The summed E-state index contributed by atoms with van der Waals surface area (Å²) >= 11 is 0. The van der Waals surface area contributed by atoms with Gasteiger partial charge in [0.2, 0.25) is 0 Å². The normalized spacial score (nSPS) is 13.6. The van der Waals surface area contributed by atoms with Crippen LogP contribution in [0.5, 0.6) is 5.75 Å². The van der Waals surface area contributed by atoms with Crippen molar-refractivity contribution in [2.45, 2.75) is 26.1 Å². The Kier molecular flexibility index (Phi) is 5.86. The molecule has 3 aromatic rings. The van der Waals surface area contributed by atoms with E-state index in [4.69, 9.17) is 12.6 Å². The molecular weight excluding hydrogens is 373 g/mol. The van der Waals surface area contributed by atoms with Crippen molar-refractivity contribution in [3.63, 3.8) is 0 Å². The highest BCUT2D eigenvalue weighted by atomic mass is 16.5. The van der Waals surface area contributed by atoms with Gasteiger partial charge in [-0.3, -0.25) is 9.78 Å². The number of nitrogens with zero attached hydrogens (tertiary/aromatic N) is 3. The summed E-state index contributed by atoms with van der Waals surface area (Å²) in [6, 6.07) is 13.3. The Bertz CT molecular complexity index is 1120. The van der Waals surface area contributed by atoms with Gasteiger partial charge in [0.05, 0.1) is 12.2 Å². The first-order valence-electron chi connectivity index (χ1n) is 10.00. The summed E-state index contributed by atoms with van der Waals surface area (Å²) in [4.78, 5) is 19.1. The van der Waals surface area contributed by atoms with Crippen molar-refractivity contribution in [2.75, 3.05) is 13.6 Å². The minimum Gasteiger partial charge on any atom is -0.487 e. The van der Waals surface area contributed by atoms with Crippen molar-refractivity contribution < 1.29 is 4.74 Å². The average molecular weight is 397 g/mol. The number of pyridine rings is 2. The van der Waals surface area contributed by atoms with E-state index in [9.17, 15) is 4.79 Å². The van der Waals surface area contributed by atoms with Crippen molar-refractivity contribution in [3.05, 3.63) is 94.2 Å². The van der Waals surface area contributed by atoms with E-state index >= 15 is 0 Å². The molecule has 3 heterocycles. The molecule has 0 amide bonds.